The summed E-state index contributed by atoms with van der Waals surface area (Å²) in [7, 11) is 5.38. The molecular formula is C20H25N3O2S. The van der Waals surface area contributed by atoms with Crippen molar-refractivity contribution in [3.63, 3.8) is 0 Å². The van der Waals surface area contributed by atoms with Gasteiger partial charge in [-0.1, -0.05) is 30.3 Å². The highest BCUT2D eigenvalue weighted by molar-refractivity contribution is 7.98. The Morgan fingerprint density at radius 1 is 1.15 bits per heavy atom. The van der Waals surface area contributed by atoms with Crippen LogP contribution in [0.1, 0.15) is 17.2 Å². The van der Waals surface area contributed by atoms with Gasteiger partial charge >= 0.3 is 0 Å². The van der Waals surface area contributed by atoms with Gasteiger partial charge in [0.05, 0.1) is 26.8 Å². The Bertz CT molecular complexity index is 780. The molecule has 1 aliphatic rings. The largest absolute Gasteiger partial charge is 0.493 e. The van der Waals surface area contributed by atoms with Gasteiger partial charge in [0.25, 0.3) is 0 Å². The molecule has 5 nitrogen and oxygen atoms in total. The van der Waals surface area contributed by atoms with Gasteiger partial charge < -0.3 is 19.7 Å². The second-order valence-corrected chi connectivity index (χ2v) is 7.00. The van der Waals surface area contributed by atoms with E-state index < -0.39 is 0 Å². The predicted octanol–water partition coefficient (Wildman–Crippen LogP) is 3.56. The molecule has 2 aromatic carbocycles. The predicted molar refractivity (Wildman–Crippen MR) is 107 cm³/mol. The van der Waals surface area contributed by atoms with E-state index in [0.29, 0.717) is 0 Å². The number of thioether (sulfide) groups is 1. The molecule has 1 aliphatic heterocycles. The maximum atomic E-state index is 5.46. The van der Waals surface area contributed by atoms with Gasteiger partial charge in [-0.3, -0.25) is 4.99 Å². The fourth-order valence-electron chi connectivity index (χ4n) is 3.08. The molecule has 2 aromatic rings. The van der Waals surface area contributed by atoms with Crippen molar-refractivity contribution in [2.24, 2.45) is 4.99 Å². The number of guanidine groups is 1. The molecule has 1 unspecified atom stereocenters. The van der Waals surface area contributed by atoms with E-state index in [0.717, 1.165) is 30.5 Å². The van der Waals surface area contributed by atoms with E-state index in [9.17, 15) is 0 Å². The maximum absolute atomic E-state index is 5.46. The molecule has 26 heavy (non-hydrogen) atoms. The molecule has 6 heteroatoms. The van der Waals surface area contributed by atoms with Crippen LogP contribution in [0.15, 0.2) is 52.4 Å². The summed E-state index contributed by atoms with van der Waals surface area (Å²) in [6, 6.07) is 14.7. The highest BCUT2D eigenvalue weighted by Gasteiger charge is 2.22. The van der Waals surface area contributed by atoms with E-state index >= 15 is 0 Å². The van der Waals surface area contributed by atoms with Crippen molar-refractivity contribution < 1.29 is 9.47 Å². The highest BCUT2D eigenvalue weighted by atomic mass is 32.2. The first-order valence-corrected chi connectivity index (χ1v) is 9.74. The van der Waals surface area contributed by atoms with E-state index in [1.54, 1.807) is 26.0 Å². The molecule has 0 aliphatic carbocycles. The Kier molecular flexibility index (Phi) is 5.93. The minimum absolute atomic E-state index is 0.235. The van der Waals surface area contributed by atoms with Gasteiger partial charge in [-0.2, -0.15) is 0 Å². The third-order valence-corrected chi connectivity index (χ3v) is 5.30. The lowest BCUT2D eigenvalue weighted by Gasteiger charge is -2.23. The zero-order valence-corrected chi connectivity index (χ0v) is 16.5. The molecule has 0 saturated carbocycles. The van der Waals surface area contributed by atoms with Gasteiger partial charge in [0.15, 0.2) is 17.5 Å². The van der Waals surface area contributed by atoms with Crippen LogP contribution in [0.4, 0.5) is 0 Å². The van der Waals surface area contributed by atoms with Crippen molar-refractivity contribution in [3.8, 4) is 11.5 Å². The third-order valence-electron chi connectivity index (χ3n) is 4.48. The van der Waals surface area contributed by atoms with Crippen molar-refractivity contribution in [1.82, 2.24) is 10.2 Å². The molecule has 0 saturated heterocycles. The van der Waals surface area contributed by atoms with Gasteiger partial charge in [-0.25, -0.2) is 0 Å². The lowest BCUT2D eigenvalue weighted by molar-refractivity contribution is 0.352. The normalized spacial score (nSPS) is 16.0. The summed E-state index contributed by atoms with van der Waals surface area (Å²) in [5, 5.41) is 3.53. The SMILES string of the molecule is COc1cc(CN(C)C2=NCC(c3ccccc3)N2)c(SC)cc1OC. The monoisotopic (exact) mass is 371 g/mol. The van der Waals surface area contributed by atoms with Crippen LogP contribution in [0.2, 0.25) is 0 Å². The van der Waals surface area contributed by atoms with Crippen LogP contribution in [-0.2, 0) is 6.54 Å². The Labute approximate surface area is 159 Å². The summed E-state index contributed by atoms with van der Waals surface area (Å²) in [5.41, 5.74) is 2.45. The standard InChI is InChI=1S/C20H25N3O2S/c1-23(20-21-12-16(22-20)14-8-6-5-7-9-14)13-15-10-17(24-2)18(25-3)11-19(15)26-4/h5-11,16H,12-13H2,1-4H3,(H,21,22). The number of benzene rings is 2. The first-order chi connectivity index (χ1) is 12.7. The van der Waals surface area contributed by atoms with Crippen molar-refractivity contribution >= 4 is 17.7 Å². The molecule has 0 amide bonds. The van der Waals surface area contributed by atoms with Crippen LogP contribution in [0.5, 0.6) is 11.5 Å². The van der Waals surface area contributed by atoms with Crippen LogP contribution < -0.4 is 14.8 Å². The fourth-order valence-corrected chi connectivity index (χ4v) is 3.69. The van der Waals surface area contributed by atoms with Crippen LogP contribution in [0.25, 0.3) is 0 Å². The number of aliphatic imine (C=N–C) groups is 1. The molecule has 0 radical (unpaired) electrons. The van der Waals surface area contributed by atoms with Gasteiger partial charge in [0.1, 0.15) is 0 Å². The van der Waals surface area contributed by atoms with Crippen molar-refractivity contribution in [2.45, 2.75) is 17.5 Å². The summed E-state index contributed by atoms with van der Waals surface area (Å²) < 4.78 is 10.9. The molecule has 138 valence electrons. The van der Waals surface area contributed by atoms with E-state index in [1.807, 2.05) is 18.2 Å². The van der Waals surface area contributed by atoms with Crippen molar-refractivity contribution in [2.75, 3.05) is 34.1 Å². The highest BCUT2D eigenvalue weighted by Crippen LogP contribution is 2.35. The number of hydrogen-bond donors (Lipinski definition) is 1. The Morgan fingerprint density at radius 2 is 1.85 bits per heavy atom. The van der Waals surface area contributed by atoms with Gasteiger partial charge in [0.2, 0.25) is 0 Å². The first kappa shape index (κ1) is 18.5. The van der Waals surface area contributed by atoms with Gasteiger partial charge in [-0.15, -0.1) is 11.8 Å². The zero-order chi connectivity index (χ0) is 18.5. The second kappa shape index (κ2) is 8.36. The minimum Gasteiger partial charge on any atom is -0.493 e. The van der Waals surface area contributed by atoms with Crippen LogP contribution in [0, 0.1) is 0 Å². The summed E-state index contributed by atoms with van der Waals surface area (Å²) >= 11 is 1.70. The van der Waals surface area contributed by atoms with Crippen molar-refractivity contribution in [1.29, 1.82) is 0 Å². The number of nitrogens with one attached hydrogen (secondary N) is 1. The van der Waals surface area contributed by atoms with Crippen LogP contribution in [-0.4, -0.2) is 44.9 Å². The molecule has 0 bridgehead atoms. The molecule has 0 spiro atoms. The summed E-state index contributed by atoms with van der Waals surface area (Å²) in [6.07, 6.45) is 2.07. The summed E-state index contributed by atoms with van der Waals surface area (Å²) in [5.74, 6) is 2.42. The first-order valence-electron chi connectivity index (χ1n) is 8.52. The van der Waals surface area contributed by atoms with E-state index in [-0.39, 0.29) is 6.04 Å². The zero-order valence-electron chi connectivity index (χ0n) is 15.7. The van der Waals surface area contributed by atoms with Crippen LogP contribution >= 0.6 is 11.8 Å². The number of ether oxygens (including phenoxy) is 2. The van der Waals surface area contributed by atoms with E-state index in [1.165, 1.54) is 16.0 Å². The second-order valence-electron chi connectivity index (χ2n) is 6.15. The van der Waals surface area contributed by atoms with Crippen LogP contribution in [0.3, 0.4) is 0 Å². The molecule has 1 N–H and O–H groups in total. The lowest BCUT2D eigenvalue weighted by atomic mass is 10.1. The molecule has 3 rings (SSSR count). The number of nitrogens with zero attached hydrogens (tertiary/aromatic N) is 2. The molecule has 1 heterocycles. The summed E-state index contributed by atoms with van der Waals surface area (Å²) in [6.45, 7) is 1.49. The number of methoxy groups -OCH3 is 2. The smallest absolute Gasteiger partial charge is 0.194 e. The average molecular weight is 372 g/mol. The molecule has 1 atom stereocenters. The van der Waals surface area contributed by atoms with Gasteiger partial charge in [0, 0.05) is 18.5 Å². The topological polar surface area (TPSA) is 46.1 Å². The Morgan fingerprint density at radius 3 is 2.50 bits per heavy atom. The Balaban J connectivity index is 1.73. The molecule has 0 fully saturated rings. The van der Waals surface area contributed by atoms with E-state index in [4.69, 9.17) is 14.5 Å². The van der Waals surface area contributed by atoms with Crippen molar-refractivity contribution in [3.05, 3.63) is 53.6 Å². The average Bonchev–Trinajstić information content (AvgIpc) is 3.18. The Hall–Kier alpha value is -2.34. The number of rotatable bonds is 6. The minimum atomic E-state index is 0.235. The fraction of sp³-hybridized carbons (Fsp3) is 0.350. The number of hydrogen-bond acceptors (Lipinski definition) is 6. The third kappa shape index (κ3) is 3.90. The quantitative estimate of drug-likeness (QED) is 0.787. The summed E-state index contributed by atoms with van der Waals surface area (Å²) in [4.78, 5) is 8.01. The van der Waals surface area contributed by atoms with Gasteiger partial charge in [-0.05, 0) is 29.5 Å². The maximum Gasteiger partial charge on any atom is 0.194 e. The van der Waals surface area contributed by atoms with E-state index in [2.05, 4.69) is 47.8 Å². The molecule has 0 aromatic heterocycles. The molecular weight excluding hydrogens is 346 g/mol. The lowest BCUT2D eigenvalue weighted by Crippen LogP contribution is -2.36.